The predicted molar refractivity (Wildman–Crippen MR) is 104 cm³/mol. The molecule has 0 saturated carbocycles. The van der Waals surface area contributed by atoms with Crippen LogP contribution in [-0.2, 0) is 6.54 Å². The quantitative estimate of drug-likeness (QED) is 0.726. The Kier molecular flexibility index (Phi) is 7.75. The van der Waals surface area contributed by atoms with Gasteiger partial charge < -0.3 is 14.8 Å². The molecule has 140 valence electrons. The molecule has 0 fully saturated rings. The average molecular weight is 377 g/mol. The Balaban J connectivity index is 1.91. The maximum atomic E-state index is 12.5. The Morgan fingerprint density at radius 3 is 2.46 bits per heavy atom. The number of benzene rings is 2. The van der Waals surface area contributed by atoms with E-state index in [2.05, 4.69) is 17.1 Å². The van der Waals surface area contributed by atoms with E-state index in [0.29, 0.717) is 23.6 Å². The van der Waals surface area contributed by atoms with Crippen LogP contribution >= 0.6 is 11.6 Å². The first-order valence-electron chi connectivity index (χ1n) is 8.54. The topological polar surface area (TPSA) is 50.8 Å². The molecule has 2 aromatic rings. The number of hydrogen-bond acceptors (Lipinski definition) is 4. The number of nitrogens with one attached hydrogen (secondary N) is 1. The van der Waals surface area contributed by atoms with Crippen molar-refractivity contribution < 1.29 is 14.3 Å². The van der Waals surface area contributed by atoms with E-state index in [1.807, 2.05) is 24.3 Å². The van der Waals surface area contributed by atoms with Crippen LogP contribution in [0.1, 0.15) is 22.8 Å². The molecule has 0 aliphatic heterocycles. The number of rotatable bonds is 9. The zero-order chi connectivity index (χ0) is 18.9. The number of likely N-dealkylation sites (N-methyl/N-ethyl adjacent to an activating group) is 1. The zero-order valence-corrected chi connectivity index (χ0v) is 16.2. The van der Waals surface area contributed by atoms with Gasteiger partial charge in [-0.05, 0) is 42.4 Å². The van der Waals surface area contributed by atoms with Gasteiger partial charge in [-0.3, -0.25) is 9.69 Å². The van der Waals surface area contributed by atoms with Crippen molar-refractivity contribution in [2.45, 2.75) is 13.5 Å². The lowest BCUT2D eigenvalue weighted by atomic mass is 10.1. The largest absolute Gasteiger partial charge is 0.497 e. The van der Waals surface area contributed by atoms with Crippen LogP contribution in [0.25, 0.3) is 0 Å². The van der Waals surface area contributed by atoms with Crippen LogP contribution < -0.4 is 14.8 Å². The third-order valence-corrected chi connectivity index (χ3v) is 4.38. The summed E-state index contributed by atoms with van der Waals surface area (Å²) < 4.78 is 10.5. The maximum Gasteiger partial charge on any atom is 0.255 e. The van der Waals surface area contributed by atoms with Crippen LogP contribution in [-0.4, -0.2) is 44.7 Å². The lowest BCUT2D eigenvalue weighted by Crippen LogP contribution is -2.34. The van der Waals surface area contributed by atoms with Crippen LogP contribution in [0.4, 0.5) is 0 Å². The summed E-state index contributed by atoms with van der Waals surface area (Å²) in [5, 5.41) is 3.68. The molecule has 0 saturated heterocycles. The summed E-state index contributed by atoms with van der Waals surface area (Å²) in [5.41, 5.74) is 1.66. The van der Waals surface area contributed by atoms with E-state index >= 15 is 0 Å². The Labute approximate surface area is 159 Å². The minimum absolute atomic E-state index is 0.178. The Morgan fingerprint density at radius 2 is 1.85 bits per heavy atom. The molecule has 26 heavy (non-hydrogen) atoms. The molecule has 0 unspecified atom stereocenters. The second-order valence-electron chi connectivity index (χ2n) is 5.82. The molecule has 0 aromatic heterocycles. The lowest BCUT2D eigenvalue weighted by Gasteiger charge is -2.21. The Hall–Kier alpha value is -2.24. The van der Waals surface area contributed by atoms with Crippen molar-refractivity contribution in [2.24, 2.45) is 0 Å². The smallest absolute Gasteiger partial charge is 0.255 e. The van der Waals surface area contributed by atoms with E-state index in [4.69, 9.17) is 21.1 Å². The van der Waals surface area contributed by atoms with Crippen molar-refractivity contribution in [1.29, 1.82) is 0 Å². The monoisotopic (exact) mass is 376 g/mol. The normalized spacial score (nSPS) is 10.7. The number of halogens is 1. The van der Waals surface area contributed by atoms with Crippen LogP contribution in [0.2, 0.25) is 5.02 Å². The van der Waals surface area contributed by atoms with E-state index in [1.54, 1.807) is 32.4 Å². The summed E-state index contributed by atoms with van der Waals surface area (Å²) in [5.74, 6) is 0.967. The summed E-state index contributed by atoms with van der Waals surface area (Å²) in [4.78, 5) is 14.7. The first-order valence-corrected chi connectivity index (χ1v) is 8.92. The van der Waals surface area contributed by atoms with Crippen LogP contribution in [0.15, 0.2) is 42.5 Å². The standard InChI is InChI=1S/C20H25ClN2O3/c1-4-23(14-15-5-7-16(21)8-6-15)12-11-22-20(24)18-13-17(25-2)9-10-19(18)26-3/h5-10,13H,4,11-12,14H2,1-3H3,(H,22,24). The van der Waals surface area contributed by atoms with Crippen LogP contribution in [0, 0.1) is 0 Å². The SMILES string of the molecule is CCN(CCNC(=O)c1cc(OC)ccc1OC)Cc1ccc(Cl)cc1. The first-order chi connectivity index (χ1) is 12.6. The van der Waals surface area contributed by atoms with Gasteiger partial charge in [-0.25, -0.2) is 0 Å². The number of carbonyl (C=O) groups excluding carboxylic acids is 1. The Morgan fingerprint density at radius 1 is 1.12 bits per heavy atom. The first kappa shape index (κ1) is 20.1. The molecule has 6 heteroatoms. The molecule has 0 spiro atoms. The van der Waals surface area contributed by atoms with E-state index in [0.717, 1.165) is 24.7 Å². The van der Waals surface area contributed by atoms with Gasteiger partial charge in [0.1, 0.15) is 11.5 Å². The fraction of sp³-hybridized carbons (Fsp3) is 0.350. The molecule has 0 bridgehead atoms. The summed E-state index contributed by atoms with van der Waals surface area (Å²) >= 11 is 5.92. The van der Waals surface area contributed by atoms with Crippen LogP contribution in [0.3, 0.4) is 0 Å². The highest BCUT2D eigenvalue weighted by atomic mass is 35.5. The van der Waals surface area contributed by atoms with Gasteiger partial charge in [-0.1, -0.05) is 30.7 Å². The number of carbonyl (C=O) groups is 1. The third-order valence-electron chi connectivity index (χ3n) is 4.13. The summed E-state index contributed by atoms with van der Waals surface area (Å²) in [6.07, 6.45) is 0. The van der Waals surface area contributed by atoms with Crippen molar-refractivity contribution in [2.75, 3.05) is 33.9 Å². The van der Waals surface area contributed by atoms with Gasteiger partial charge in [0.25, 0.3) is 5.91 Å². The second-order valence-corrected chi connectivity index (χ2v) is 6.25. The second kappa shape index (κ2) is 10.0. The molecule has 0 heterocycles. The molecular weight excluding hydrogens is 352 g/mol. The summed E-state index contributed by atoms with van der Waals surface area (Å²) in [6, 6.07) is 13.0. The fourth-order valence-corrected chi connectivity index (χ4v) is 2.74. The van der Waals surface area contributed by atoms with Gasteiger partial charge in [0, 0.05) is 24.7 Å². The lowest BCUT2D eigenvalue weighted by molar-refractivity contribution is 0.0944. The fourth-order valence-electron chi connectivity index (χ4n) is 2.61. The van der Waals surface area contributed by atoms with Gasteiger partial charge in [-0.2, -0.15) is 0 Å². The highest BCUT2D eigenvalue weighted by molar-refractivity contribution is 6.30. The number of nitrogens with zero attached hydrogens (tertiary/aromatic N) is 1. The molecule has 0 aliphatic rings. The zero-order valence-electron chi connectivity index (χ0n) is 15.4. The molecule has 2 rings (SSSR count). The molecule has 5 nitrogen and oxygen atoms in total. The molecule has 1 N–H and O–H groups in total. The summed E-state index contributed by atoms with van der Waals surface area (Å²) in [6.45, 7) is 5.09. The molecular formula is C20H25ClN2O3. The molecule has 0 aliphatic carbocycles. The molecule has 0 radical (unpaired) electrons. The molecule has 0 atom stereocenters. The summed E-state index contributed by atoms with van der Waals surface area (Å²) in [7, 11) is 3.11. The van der Waals surface area contributed by atoms with Gasteiger partial charge in [0.2, 0.25) is 0 Å². The molecule has 2 aromatic carbocycles. The van der Waals surface area contributed by atoms with E-state index in [9.17, 15) is 4.79 Å². The van der Waals surface area contributed by atoms with Gasteiger partial charge >= 0.3 is 0 Å². The highest BCUT2D eigenvalue weighted by Crippen LogP contribution is 2.23. The van der Waals surface area contributed by atoms with Crippen molar-refractivity contribution in [3.05, 3.63) is 58.6 Å². The van der Waals surface area contributed by atoms with Gasteiger partial charge in [0.15, 0.2) is 0 Å². The minimum atomic E-state index is -0.178. The third kappa shape index (κ3) is 5.64. The number of methoxy groups -OCH3 is 2. The predicted octanol–water partition coefficient (Wildman–Crippen LogP) is 3.61. The highest BCUT2D eigenvalue weighted by Gasteiger charge is 2.14. The van der Waals surface area contributed by atoms with E-state index in [1.165, 1.54) is 5.56 Å². The van der Waals surface area contributed by atoms with Crippen molar-refractivity contribution in [3.8, 4) is 11.5 Å². The Bertz CT molecular complexity index is 719. The number of hydrogen-bond donors (Lipinski definition) is 1. The molecule has 1 amide bonds. The average Bonchev–Trinajstić information content (AvgIpc) is 2.68. The van der Waals surface area contributed by atoms with Crippen molar-refractivity contribution in [3.63, 3.8) is 0 Å². The van der Waals surface area contributed by atoms with Gasteiger partial charge in [0.05, 0.1) is 19.8 Å². The van der Waals surface area contributed by atoms with E-state index < -0.39 is 0 Å². The van der Waals surface area contributed by atoms with Crippen LogP contribution in [0.5, 0.6) is 11.5 Å². The number of amides is 1. The van der Waals surface area contributed by atoms with E-state index in [-0.39, 0.29) is 5.91 Å². The number of ether oxygens (including phenoxy) is 2. The van der Waals surface area contributed by atoms with Gasteiger partial charge in [-0.15, -0.1) is 0 Å². The minimum Gasteiger partial charge on any atom is -0.497 e. The maximum absolute atomic E-state index is 12.5. The van der Waals surface area contributed by atoms with Crippen molar-refractivity contribution >= 4 is 17.5 Å². The van der Waals surface area contributed by atoms with Crippen molar-refractivity contribution in [1.82, 2.24) is 10.2 Å².